The third-order valence-corrected chi connectivity index (χ3v) is 1.93. The van der Waals surface area contributed by atoms with E-state index in [2.05, 4.69) is 0 Å². The molecule has 13 heavy (non-hydrogen) atoms. The van der Waals surface area contributed by atoms with Crippen LogP contribution in [0.25, 0.3) is 0 Å². The van der Waals surface area contributed by atoms with E-state index >= 15 is 0 Å². The summed E-state index contributed by atoms with van der Waals surface area (Å²) in [6.45, 7) is 0. The zero-order valence-electron chi connectivity index (χ0n) is 6.64. The number of hydrogen-bond donors (Lipinski definition) is 4. The summed E-state index contributed by atoms with van der Waals surface area (Å²) in [5.74, 6) is 0. The van der Waals surface area contributed by atoms with Crippen molar-refractivity contribution in [1.29, 1.82) is 0 Å². The molecule has 0 radical (unpaired) electrons. The molecule has 0 aromatic carbocycles. The van der Waals surface area contributed by atoms with Crippen LogP contribution < -0.4 is 46.2 Å². The van der Waals surface area contributed by atoms with Gasteiger partial charge in [-0.15, -0.1) is 0 Å². The van der Waals surface area contributed by atoms with Crippen molar-refractivity contribution < 1.29 is 43.9 Å². The van der Waals surface area contributed by atoms with Gasteiger partial charge in [0.25, 0.3) is 5.56 Å². The van der Waals surface area contributed by atoms with Crippen LogP contribution in [0.15, 0.2) is 15.7 Å². The second-order valence-electron chi connectivity index (χ2n) is 2.02. The summed E-state index contributed by atoms with van der Waals surface area (Å²) in [5.41, 5.74) is -2.48. The molecule has 0 saturated carbocycles. The first-order chi connectivity index (χ1) is 5.39. The molecule has 0 aliphatic heterocycles. The normalized spacial score (nSPS) is 10.6. The van der Waals surface area contributed by atoms with Crippen molar-refractivity contribution in [2.75, 3.05) is 0 Å². The van der Waals surface area contributed by atoms with Crippen LogP contribution in [0.5, 0.6) is 0 Å². The summed E-state index contributed by atoms with van der Waals surface area (Å²) in [5, 5.41) is 0. The number of hydrogen-bond acceptors (Lipinski definition) is 3. The molecule has 0 unspecified atom stereocenters. The molecule has 66 valence electrons. The largest absolute Gasteiger partial charge is 1.00 e. The first-order valence-corrected chi connectivity index (χ1v) is 4.40. The molecule has 0 amide bonds. The first kappa shape index (κ1) is 12.8. The van der Waals surface area contributed by atoms with E-state index in [1.807, 2.05) is 4.98 Å². The molecule has 0 fully saturated rings. The molecule has 0 spiro atoms. The molecule has 7 nitrogen and oxygen atoms in total. The van der Waals surface area contributed by atoms with Gasteiger partial charge in [0, 0.05) is 6.07 Å². The molecule has 4 N–H and O–H groups in total. The average molecular weight is 215 g/mol. The summed E-state index contributed by atoms with van der Waals surface area (Å²) >= 11 is 0. The Hall–Kier alpha value is -0.170. The maximum atomic E-state index is 10.5. The van der Waals surface area contributed by atoms with Crippen LogP contribution in [-0.2, 0) is 4.57 Å². The molecule has 0 saturated heterocycles. The van der Waals surface area contributed by atoms with Gasteiger partial charge in [-0.1, -0.05) is 0 Å². The predicted octanol–water partition coefficient (Wildman–Crippen LogP) is -5.13. The van der Waals surface area contributed by atoms with E-state index in [1.165, 1.54) is 0 Å². The van der Waals surface area contributed by atoms with Crippen molar-refractivity contribution in [3.63, 3.8) is 0 Å². The van der Waals surface area contributed by atoms with Crippen molar-refractivity contribution in [2.24, 2.45) is 0 Å². The van der Waals surface area contributed by atoms with Crippen LogP contribution in [0, 0.1) is 0 Å². The molecule has 1 aromatic rings. The van der Waals surface area contributed by atoms with Crippen molar-refractivity contribution >= 4 is 13.0 Å². The fourth-order valence-corrected chi connectivity index (χ4v) is 1.15. The molecule has 1 aromatic heterocycles. The van der Waals surface area contributed by atoms with Crippen LogP contribution in [0.4, 0.5) is 0 Å². The topological polar surface area (TPSA) is 123 Å². The van der Waals surface area contributed by atoms with E-state index in [4.69, 9.17) is 9.79 Å². The van der Waals surface area contributed by atoms with E-state index in [9.17, 15) is 14.2 Å². The van der Waals surface area contributed by atoms with Crippen LogP contribution >= 0.6 is 7.60 Å². The van der Waals surface area contributed by atoms with Gasteiger partial charge in [0.15, 0.2) is 0 Å². The minimum Gasteiger partial charge on any atom is -0.320 e. The van der Waals surface area contributed by atoms with E-state index in [0.29, 0.717) is 6.07 Å². The molecule has 1 heterocycles. The fourth-order valence-electron chi connectivity index (χ4n) is 0.613. The van der Waals surface area contributed by atoms with E-state index in [1.54, 1.807) is 4.98 Å². The molecule has 0 aliphatic rings. The van der Waals surface area contributed by atoms with Gasteiger partial charge in [0.1, 0.15) is 5.44 Å². The van der Waals surface area contributed by atoms with Crippen molar-refractivity contribution in [2.45, 2.75) is 0 Å². The summed E-state index contributed by atoms with van der Waals surface area (Å²) in [6.07, 6.45) is 0. The van der Waals surface area contributed by atoms with Gasteiger partial charge in [-0.2, -0.15) is 0 Å². The Kier molecular flexibility index (Phi) is 4.31. The quantitative estimate of drug-likeness (QED) is 0.275. The van der Waals surface area contributed by atoms with Crippen molar-refractivity contribution in [3.8, 4) is 0 Å². The second kappa shape index (κ2) is 4.36. The third kappa shape index (κ3) is 3.60. The zero-order chi connectivity index (χ0) is 9.35. The minimum atomic E-state index is -4.55. The predicted molar refractivity (Wildman–Crippen MR) is 39.4 cm³/mol. The summed E-state index contributed by atoms with van der Waals surface area (Å²) in [6, 6.07) is 0.641. The first-order valence-electron chi connectivity index (χ1n) is 2.79. The maximum Gasteiger partial charge on any atom is 1.00 e. The smallest absolute Gasteiger partial charge is 0.320 e. The fraction of sp³-hybridized carbons (Fsp3) is 0. The Morgan fingerprint density at radius 2 is 1.77 bits per heavy atom. The Morgan fingerprint density at radius 3 is 2.15 bits per heavy atom. The maximum absolute atomic E-state index is 10.5. The Balaban J connectivity index is 0.00000144. The Bertz CT molecular complexity index is 416. The monoisotopic (exact) mass is 215 g/mol. The van der Waals surface area contributed by atoms with Gasteiger partial charge in [-0.25, -0.2) is 4.79 Å². The third-order valence-electron chi connectivity index (χ3n) is 1.06. The summed E-state index contributed by atoms with van der Waals surface area (Å²) < 4.78 is 10.5. The average Bonchev–Trinajstić information content (AvgIpc) is 1.82. The molecule has 0 atom stereocenters. The Morgan fingerprint density at radius 1 is 1.23 bits per heavy atom. The van der Waals surface area contributed by atoms with Gasteiger partial charge < -0.3 is 14.8 Å². The molecule has 9 heteroatoms. The number of aromatic nitrogens is 2. The number of aromatic amines is 2. The molecule has 0 aliphatic carbocycles. The molecule has 1 rings (SSSR count). The zero-order valence-corrected chi connectivity index (χ0v) is 9.54. The van der Waals surface area contributed by atoms with E-state index in [-0.39, 0.29) is 29.6 Å². The van der Waals surface area contributed by atoms with Crippen molar-refractivity contribution in [3.05, 3.63) is 26.9 Å². The van der Waals surface area contributed by atoms with Gasteiger partial charge in [-0.3, -0.25) is 14.3 Å². The van der Waals surface area contributed by atoms with Crippen LogP contribution in [0.2, 0.25) is 0 Å². The van der Waals surface area contributed by atoms with Gasteiger partial charge in [0.05, 0.1) is 0 Å². The minimum absolute atomic E-state index is 0. The summed E-state index contributed by atoms with van der Waals surface area (Å²) in [7, 11) is -4.55. The van der Waals surface area contributed by atoms with Crippen LogP contribution in [-0.4, -0.2) is 19.8 Å². The number of H-pyrrole nitrogens is 2. The van der Waals surface area contributed by atoms with E-state index in [0.717, 1.165) is 0 Å². The SMILES string of the molecule is O=c1cc(P(=O)(O)O)[nH]c(=O)[nH]1.[Na+]. The molecular weight excluding hydrogens is 210 g/mol. The second-order valence-corrected chi connectivity index (χ2v) is 3.59. The van der Waals surface area contributed by atoms with Gasteiger partial charge in [0.2, 0.25) is 0 Å². The standard InChI is InChI=1S/C4H5N2O5P.Na/c7-2-1-3(12(9,10)11)6-4(8)5-2;/h1H,(H2,9,10,11)(H2,5,6,7,8);/q;+1. The van der Waals surface area contributed by atoms with Gasteiger partial charge in [-0.05, 0) is 0 Å². The number of nitrogens with one attached hydrogen (secondary N) is 2. The van der Waals surface area contributed by atoms with E-state index < -0.39 is 24.3 Å². The molecular formula is C4H5N2NaO5P+. The number of rotatable bonds is 1. The van der Waals surface area contributed by atoms with Crippen molar-refractivity contribution in [1.82, 2.24) is 9.97 Å². The van der Waals surface area contributed by atoms with Crippen LogP contribution in [0.3, 0.4) is 0 Å². The summed E-state index contributed by atoms with van der Waals surface area (Å²) in [4.78, 5) is 41.7. The Labute approximate surface area is 93.7 Å². The van der Waals surface area contributed by atoms with Crippen LogP contribution in [0.1, 0.15) is 0 Å². The molecule has 0 bridgehead atoms. The van der Waals surface area contributed by atoms with Gasteiger partial charge >= 0.3 is 42.8 Å².